The van der Waals surface area contributed by atoms with Gasteiger partial charge in [-0.3, -0.25) is 4.79 Å². The summed E-state index contributed by atoms with van der Waals surface area (Å²) in [5, 5.41) is 3.33. The van der Waals surface area contributed by atoms with Gasteiger partial charge in [0.1, 0.15) is 6.04 Å². The van der Waals surface area contributed by atoms with Crippen molar-refractivity contribution >= 4 is 5.97 Å². The molecule has 1 N–H and O–H groups in total. The number of hydrogen-bond acceptors (Lipinski definition) is 3. The van der Waals surface area contributed by atoms with E-state index in [9.17, 15) is 4.79 Å². The highest BCUT2D eigenvalue weighted by atomic mass is 16.5. The SMILES string of the molecule is COC(=O)C(NCCc1cccc(C)c1)C1CC1. The smallest absolute Gasteiger partial charge is 0.323 e. The Hall–Kier alpha value is -1.35. The normalized spacial score (nSPS) is 16.3. The number of methoxy groups -OCH3 is 1. The highest BCUT2D eigenvalue weighted by Crippen LogP contribution is 2.33. The number of rotatable bonds is 6. The minimum Gasteiger partial charge on any atom is -0.468 e. The summed E-state index contributed by atoms with van der Waals surface area (Å²) in [5.74, 6) is 0.358. The van der Waals surface area contributed by atoms with E-state index in [2.05, 4.69) is 36.5 Å². The molecular formula is C15H21NO2. The highest BCUT2D eigenvalue weighted by Gasteiger charge is 2.36. The second-order valence-electron chi connectivity index (χ2n) is 5.03. The van der Waals surface area contributed by atoms with Crippen molar-refractivity contribution in [2.75, 3.05) is 13.7 Å². The summed E-state index contributed by atoms with van der Waals surface area (Å²) in [6.45, 7) is 2.91. The average Bonchev–Trinajstić information content (AvgIpc) is 3.18. The molecule has 1 saturated carbocycles. The number of esters is 1. The van der Waals surface area contributed by atoms with E-state index in [0.29, 0.717) is 5.92 Å². The van der Waals surface area contributed by atoms with Crippen LogP contribution in [0, 0.1) is 12.8 Å². The molecule has 18 heavy (non-hydrogen) atoms. The fourth-order valence-electron chi connectivity index (χ4n) is 2.24. The molecule has 0 amide bonds. The van der Waals surface area contributed by atoms with Crippen molar-refractivity contribution in [3.8, 4) is 0 Å². The monoisotopic (exact) mass is 247 g/mol. The van der Waals surface area contributed by atoms with Gasteiger partial charge in [0.05, 0.1) is 7.11 Å². The van der Waals surface area contributed by atoms with Gasteiger partial charge in [0.15, 0.2) is 0 Å². The third-order valence-electron chi connectivity index (χ3n) is 3.41. The van der Waals surface area contributed by atoms with Crippen molar-refractivity contribution in [2.45, 2.75) is 32.2 Å². The first-order valence-corrected chi connectivity index (χ1v) is 6.57. The summed E-state index contributed by atoms with van der Waals surface area (Å²) in [7, 11) is 1.46. The first kappa shape index (κ1) is 13.1. The molecule has 1 aliphatic rings. The predicted molar refractivity (Wildman–Crippen MR) is 71.4 cm³/mol. The highest BCUT2D eigenvalue weighted by molar-refractivity contribution is 5.76. The number of carbonyl (C=O) groups is 1. The van der Waals surface area contributed by atoms with Crippen molar-refractivity contribution in [3.05, 3.63) is 35.4 Å². The molecule has 1 aromatic rings. The third kappa shape index (κ3) is 3.57. The molecule has 0 aliphatic heterocycles. The Labute approximate surface area is 109 Å². The lowest BCUT2D eigenvalue weighted by atomic mass is 10.1. The van der Waals surface area contributed by atoms with Crippen molar-refractivity contribution in [1.29, 1.82) is 0 Å². The van der Waals surface area contributed by atoms with E-state index in [1.807, 2.05) is 0 Å². The van der Waals surface area contributed by atoms with Gasteiger partial charge in [-0.15, -0.1) is 0 Å². The van der Waals surface area contributed by atoms with Crippen molar-refractivity contribution in [3.63, 3.8) is 0 Å². The zero-order valence-electron chi connectivity index (χ0n) is 11.1. The maximum absolute atomic E-state index is 11.6. The molecular weight excluding hydrogens is 226 g/mol. The minimum atomic E-state index is -0.123. The molecule has 0 radical (unpaired) electrons. The summed E-state index contributed by atoms with van der Waals surface area (Å²) in [6.07, 6.45) is 3.22. The van der Waals surface area contributed by atoms with Gasteiger partial charge in [-0.05, 0) is 44.2 Å². The molecule has 0 bridgehead atoms. The summed E-state index contributed by atoms with van der Waals surface area (Å²) in [4.78, 5) is 11.6. The lowest BCUT2D eigenvalue weighted by molar-refractivity contribution is -0.143. The maximum Gasteiger partial charge on any atom is 0.323 e. The van der Waals surface area contributed by atoms with Crippen molar-refractivity contribution in [2.24, 2.45) is 5.92 Å². The van der Waals surface area contributed by atoms with Crippen LogP contribution in [0.1, 0.15) is 24.0 Å². The fraction of sp³-hybridized carbons (Fsp3) is 0.533. The number of carbonyl (C=O) groups excluding carboxylic acids is 1. The Morgan fingerprint density at radius 2 is 2.28 bits per heavy atom. The quantitative estimate of drug-likeness (QED) is 0.782. The van der Waals surface area contributed by atoms with Crippen molar-refractivity contribution < 1.29 is 9.53 Å². The maximum atomic E-state index is 11.6. The lowest BCUT2D eigenvalue weighted by Crippen LogP contribution is -2.40. The van der Waals surface area contributed by atoms with Gasteiger partial charge < -0.3 is 10.1 Å². The van der Waals surface area contributed by atoms with E-state index in [-0.39, 0.29) is 12.0 Å². The van der Waals surface area contributed by atoms with Gasteiger partial charge in [0, 0.05) is 0 Å². The van der Waals surface area contributed by atoms with Gasteiger partial charge in [0.25, 0.3) is 0 Å². The second-order valence-corrected chi connectivity index (χ2v) is 5.03. The Kier molecular flexibility index (Phi) is 4.37. The van der Waals surface area contributed by atoms with Crippen LogP contribution in [0.3, 0.4) is 0 Å². The lowest BCUT2D eigenvalue weighted by Gasteiger charge is -2.15. The Morgan fingerprint density at radius 3 is 2.89 bits per heavy atom. The number of benzene rings is 1. The third-order valence-corrected chi connectivity index (χ3v) is 3.41. The first-order valence-electron chi connectivity index (χ1n) is 6.57. The molecule has 3 heteroatoms. The Balaban J connectivity index is 1.81. The van der Waals surface area contributed by atoms with E-state index >= 15 is 0 Å². The van der Waals surface area contributed by atoms with Crippen LogP contribution in [0.15, 0.2) is 24.3 Å². The minimum absolute atomic E-state index is 0.111. The second kappa shape index (κ2) is 6.01. The van der Waals surface area contributed by atoms with E-state index in [0.717, 1.165) is 25.8 Å². The molecule has 0 saturated heterocycles. The number of aryl methyl sites for hydroxylation is 1. The molecule has 0 heterocycles. The average molecular weight is 247 g/mol. The molecule has 1 aliphatic carbocycles. The summed E-state index contributed by atoms with van der Waals surface area (Å²) in [5.41, 5.74) is 2.58. The molecule has 2 rings (SSSR count). The first-order chi connectivity index (χ1) is 8.70. The van der Waals surface area contributed by atoms with Crippen LogP contribution >= 0.6 is 0 Å². The van der Waals surface area contributed by atoms with Crippen LogP contribution in [0.5, 0.6) is 0 Å². The van der Waals surface area contributed by atoms with Gasteiger partial charge >= 0.3 is 5.97 Å². The van der Waals surface area contributed by atoms with Crippen LogP contribution in [0.2, 0.25) is 0 Å². The summed E-state index contributed by atoms with van der Waals surface area (Å²) in [6, 6.07) is 8.37. The molecule has 0 spiro atoms. The molecule has 1 atom stereocenters. The number of nitrogens with one attached hydrogen (secondary N) is 1. The molecule has 98 valence electrons. The van der Waals surface area contributed by atoms with Gasteiger partial charge in [-0.25, -0.2) is 0 Å². The molecule has 1 fully saturated rings. The van der Waals surface area contributed by atoms with Crippen LogP contribution in [-0.2, 0) is 16.0 Å². The number of ether oxygens (including phenoxy) is 1. The largest absolute Gasteiger partial charge is 0.468 e. The van der Waals surface area contributed by atoms with E-state index < -0.39 is 0 Å². The molecule has 1 unspecified atom stereocenters. The van der Waals surface area contributed by atoms with Gasteiger partial charge in [-0.2, -0.15) is 0 Å². The summed E-state index contributed by atoms with van der Waals surface area (Å²) >= 11 is 0. The molecule has 0 aromatic heterocycles. The van der Waals surface area contributed by atoms with Gasteiger partial charge in [0.2, 0.25) is 0 Å². The molecule has 1 aromatic carbocycles. The van der Waals surface area contributed by atoms with Gasteiger partial charge in [-0.1, -0.05) is 29.8 Å². The van der Waals surface area contributed by atoms with Crippen molar-refractivity contribution in [1.82, 2.24) is 5.32 Å². The summed E-state index contributed by atoms with van der Waals surface area (Å²) < 4.78 is 4.83. The topological polar surface area (TPSA) is 38.3 Å². The fourth-order valence-corrected chi connectivity index (χ4v) is 2.24. The van der Waals surface area contributed by atoms with E-state index in [4.69, 9.17) is 4.74 Å². The van der Waals surface area contributed by atoms with Crippen LogP contribution < -0.4 is 5.32 Å². The number of hydrogen-bond donors (Lipinski definition) is 1. The van der Waals surface area contributed by atoms with E-state index in [1.54, 1.807) is 0 Å². The van der Waals surface area contributed by atoms with Crippen LogP contribution in [-0.4, -0.2) is 25.7 Å². The Bertz CT molecular complexity index is 413. The standard InChI is InChI=1S/C15H21NO2/c1-11-4-3-5-12(10-11)8-9-16-14(13-6-7-13)15(17)18-2/h3-5,10,13-14,16H,6-9H2,1-2H3. The molecule has 3 nitrogen and oxygen atoms in total. The van der Waals surface area contributed by atoms with Crippen LogP contribution in [0.25, 0.3) is 0 Å². The Morgan fingerprint density at radius 1 is 1.50 bits per heavy atom. The zero-order chi connectivity index (χ0) is 13.0. The zero-order valence-corrected chi connectivity index (χ0v) is 11.1. The van der Waals surface area contributed by atoms with E-state index in [1.165, 1.54) is 18.2 Å². The predicted octanol–water partition coefficient (Wildman–Crippen LogP) is 2.08. The van der Waals surface area contributed by atoms with Crippen LogP contribution in [0.4, 0.5) is 0 Å².